The van der Waals surface area contributed by atoms with Crippen molar-refractivity contribution in [3.05, 3.63) is 18.3 Å². The Bertz CT molecular complexity index is 364. The van der Waals surface area contributed by atoms with Gasteiger partial charge in [-0.15, -0.1) is 0 Å². The summed E-state index contributed by atoms with van der Waals surface area (Å²) in [6, 6.07) is 3.56. The molecule has 0 saturated carbocycles. The first-order valence-corrected chi connectivity index (χ1v) is 4.77. The fraction of sp³-hybridized carbons (Fsp3) is 0.400. The van der Waals surface area contributed by atoms with Gasteiger partial charge in [0.05, 0.1) is 5.69 Å². The van der Waals surface area contributed by atoms with Gasteiger partial charge in [-0.1, -0.05) is 0 Å². The Kier molecular flexibility index (Phi) is 2.11. The third-order valence-corrected chi connectivity index (χ3v) is 2.38. The van der Waals surface area contributed by atoms with E-state index in [1.54, 1.807) is 11.1 Å². The maximum absolute atomic E-state index is 11.8. The van der Waals surface area contributed by atoms with Gasteiger partial charge in [0, 0.05) is 12.7 Å². The molecule has 0 bridgehead atoms. The average Bonchev–Trinajstić information content (AvgIpc) is 2.20. The second kappa shape index (κ2) is 3.29. The summed E-state index contributed by atoms with van der Waals surface area (Å²) in [6.45, 7) is 4.50. The minimum absolute atomic E-state index is 0.105. The van der Waals surface area contributed by atoms with Crippen LogP contribution in [0.3, 0.4) is 0 Å². The van der Waals surface area contributed by atoms with Gasteiger partial charge in [-0.05, 0) is 26.0 Å². The lowest BCUT2D eigenvalue weighted by Gasteiger charge is -2.32. The summed E-state index contributed by atoms with van der Waals surface area (Å²) in [7, 11) is 0. The highest BCUT2D eigenvalue weighted by Crippen LogP contribution is 2.28. The summed E-state index contributed by atoms with van der Waals surface area (Å²) < 4.78 is 0. The number of anilines is 2. The lowest BCUT2D eigenvalue weighted by molar-refractivity contribution is -0.119. The smallest absolute Gasteiger partial charge is 0.249 e. The Labute approximate surface area is 82.9 Å². The predicted molar refractivity (Wildman–Crippen MR) is 55.3 cm³/mol. The minimum atomic E-state index is -0.183. The summed E-state index contributed by atoms with van der Waals surface area (Å²) in [4.78, 5) is 17.7. The van der Waals surface area contributed by atoms with Gasteiger partial charge in [0.2, 0.25) is 5.91 Å². The number of amides is 1. The molecule has 1 atom stereocenters. The fourth-order valence-corrected chi connectivity index (χ4v) is 1.67. The van der Waals surface area contributed by atoms with Crippen molar-refractivity contribution in [1.82, 2.24) is 4.98 Å². The molecule has 2 heterocycles. The van der Waals surface area contributed by atoms with Crippen LogP contribution in [0.2, 0.25) is 0 Å². The lowest BCUT2D eigenvalue weighted by Crippen LogP contribution is -2.45. The molecule has 1 amide bonds. The zero-order valence-electron chi connectivity index (χ0n) is 8.32. The van der Waals surface area contributed by atoms with E-state index in [-0.39, 0.29) is 11.9 Å². The van der Waals surface area contributed by atoms with Gasteiger partial charge in [0.15, 0.2) is 5.82 Å². The fourth-order valence-electron chi connectivity index (χ4n) is 1.67. The molecule has 1 aromatic heterocycles. The van der Waals surface area contributed by atoms with Crippen molar-refractivity contribution in [1.29, 1.82) is 0 Å². The van der Waals surface area contributed by atoms with Crippen LogP contribution in [0, 0.1) is 0 Å². The number of aromatic nitrogens is 1. The molecule has 4 nitrogen and oxygen atoms in total. The summed E-state index contributed by atoms with van der Waals surface area (Å²) in [5.41, 5.74) is 0.873. The van der Waals surface area contributed by atoms with Crippen molar-refractivity contribution in [2.75, 3.05) is 16.8 Å². The highest BCUT2D eigenvalue weighted by Gasteiger charge is 2.28. The number of carbonyl (C=O) groups is 1. The number of pyridine rings is 1. The summed E-state index contributed by atoms with van der Waals surface area (Å²) in [5, 5.41) is 3.07. The van der Waals surface area contributed by atoms with Crippen molar-refractivity contribution in [2.24, 2.45) is 0 Å². The molecule has 0 aromatic carbocycles. The zero-order chi connectivity index (χ0) is 10.1. The number of fused-ring (bicyclic) bond motifs is 1. The quantitative estimate of drug-likeness (QED) is 0.726. The first-order chi connectivity index (χ1) is 6.74. The van der Waals surface area contributed by atoms with Crippen molar-refractivity contribution in [3.8, 4) is 0 Å². The van der Waals surface area contributed by atoms with E-state index in [0.29, 0.717) is 6.54 Å². The van der Waals surface area contributed by atoms with Crippen LogP contribution in [0.25, 0.3) is 0 Å². The minimum Gasteiger partial charge on any atom is -0.357 e. The molecule has 0 radical (unpaired) electrons. The highest BCUT2D eigenvalue weighted by molar-refractivity contribution is 6.03. The monoisotopic (exact) mass is 191 g/mol. The number of nitrogens with one attached hydrogen (secondary N) is 1. The van der Waals surface area contributed by atoms with Gasteiger partial charge in [-0.3, -0.25) is 4.79 Å². The second-order valence-electron chi connectivity index (χ2n) is 3.32. The molecule has 0 fully saturated rings. The molecule has 0 saturated heterocycles. The van der Waals surface area contributed by atoms with Gasteiger partial charge in [-0.2, -0.15) is 0 Å². The van der Waals surface area contributed by atoms with Gasteiger partial charge in [-0.25, -0.2) is 4.98 Å². The van der Waals surface area contributed by atoms with E-state index in [0.717, 1.165) is 11.5 Å². The van der Waals surface area contributed by atoms with Crippen LogP contribution >= 0.6 is 0 Å². The Morgan fingerprint density at radius 2 is 2.43 bits per heavy atom. The summed E-state index contributed by atoms with van der Waals surface area (Å²) >= 11 is 0. The molecular formula is C10H13N3O. The summed E-state index contributed by atoms with van der Waals surface area (Å²) in [6.07, 6.45) is 1.72. The van der Waals surface area contributed by atoms with Crippen molar-refractivity contribution in [3.63, 3.8) is 0 Å². The third kappa shape index (κ3) is 1.23. The van der Waals surface area contributed by atoms with Crippen LogP contribution in [-0.4, -0.2) is 23.5 Å². The van der Waals surface area contributed by atoms with Crippen LogP contribution in [0.4, 0.5) is 11.5 Å². The number of hydrogen-bond acceptors (Lipinski definition) is 3. The van der Waals surface area contributed by atoms with Gasteiger partial charge < -0.3 is 10.2 Å². The molecule has 1 aromatic rings. The molecule has 4 heteroatoms. The number of nitrogens with zero attached hydrogens (tertiary/aromatic N) is 2. The zero-order valence-corrected chi connectivity index (χ0v) is 8.32. The molecule has 1 N–H and O–H groups in total. The molecule has 0 aliphatic carbocycles. The Balaban J connectivity index is 2.47. The maximum Gasteiger partial charge on any atom is 0.249 e. The molecule has 0 unspecified atom stereocenters. The maximum atomic E-state index is 11.8. The molecule has 14 heavy (non-hydrogen) atoms. The van der Waals surface area contributed by atoms with Crippen LogP contribution in [-0.2, 0) is 4.79 Å². The number of rotatable bonds is 1. The van der Waals surface area contributed by atoms with Crippen LogP contribution < -0.4 is 10.2 Å². The summed E-state index contributed by atoms with van der Waals surface area (Å²) in [5.74, 6) is 0.898. The standard InChI is InChI=1S/C10H13N3O/c1-3-13-8-5-4-6-11-9(8)12-7(2)10(13)14/h4-7H,3H2,1-2H3,(H,11,12)/t7-/m1/s1. The van der Waals surface area contributed by atoms with E-state index in [9.17, 15) is 4.79 Å². The highest BCUT2D eigenvalue weighted by atomic mass is 16.2. The van der Waals surface area contributed by atoms with Gasteiger partial charge in [0.1, 0.15) is 6.04 Å². The van der Waals surface area contributed by atoms with Crippen LogP contribution in [0.1, 0.15) is 13.8 Å². The van der Waals surface area contributed by atoms with Crippen LogP contribution in [0.5, 0.6) is 0 Å². The Morgan fingerprint density at radius 1 is 1.64 bits per heavy atom. The number of likely N-dealkylation sites (N-methyl/N-ethyl adjacent to an activating group) is 1. The molecule has 74 valence electrons. The Morgan fingerprint density at radius 3 is 3.14 bits per heavy atom. The largest absolute Gasteiger partial charge is 0.357 e. The second-order valence-corrected chi connectivity index (χ2v) is 3.32. The van der Waals surface area contributed by atoms with Gasteiger partial charge in [0.25, 0.3) is 0 Å². The molecule has 1 aliphatic rings. The lowest BCUT2D eigenvalue weighted by atomic mass is 10.2. The van der Waals surface area contributed by atoms with E-state index in [1.165, 1.54) is 0 Å². The van der Waals surface area contributed by atoms with Gasteiger partial charge >= 0.3 is 0 Å². The SMILES string of the molecule is CCN1C(=O)[C@@H](C)Nc2ncccc21. The molecule has 1 aliphatic heterocycles. The number of hydrogen-bond donors (Lipinski definition) is 1. The third-order valence-electron chi connectivity index (χ3n) is 2.38. The van der Waals surface area contributed by atoms with E-state index >= 15 is 0 Å². The first-order valence-electron chi connectivity index (χ1n) is 4.77. The molecule has 0 spiro atoms. The number of carbonyl (C=O) groups excluding carboxylic acids is 1. The normalized spacial score (nSPS) is 20.3. The van der Waals surface area contributed by atoms with Crippen molar-refractivity contribution >= 4 is 17.4 Å². The van der Waals surface area contributed by atoms with Crippen molar-refractivity contribution in [2.45, 2.75) is 19.9 Å². The topological polar surface area (TPSA) is 45.2 Å². The van der Waals surface area contributed by atoms with E-state index in [2.05, 4.69) is 10.3 Å². The molecule has 2 rings (SSSR count). The van der Waals surface area contributed by atoms with Crippen molar-refractivity contribution < 1.29 is 4.79 Å². The van der Waals surface area contributed by atoms with Crippen LogP contribution in [0.15, 0.2) is 18.3 Å². The first kappa shape index (κ1) is 8.99. The van der Waals surface area contributed by atoms with E-state index in [1.807, 2.05) is 26.0 Å². The molecular weight excluding hydrogens is 178 g/mol. The van der Waals surface area contributed by atoms with E-state index < -0.39 is 0 Å². The average molecular weight is 191 g/mol. The Hall–Kier alpha value is -1.58. The van der Waals surface area contributed by atoms with E-state index in [4.69, 9.17) is 0 Å². The predicted octanol–water partition coefficient (Wildman–Crippen LogP) is 1.25.